The van der Waals surface area contributed by atoms with E-state index in [2.05, 4.69) is 45.1 Å². The summed E-state index contributed by atoms with van der Waals surface area (Å²) in [5, 5.41) is 0. The standard InChI is InChI=1S/C17H18FN3/c18-15-6-7-16(19-8-15)21-12-17(13-21)10-20(11-17)9-14-4-2-1-3-5-14/h1-8H,9-13H2. The molecule has 0 bridgehead atoms. The summed E-state index contributed by atoms with van der Waals surface area (Å²) in [5.74, 6) is 0.621. The lowest BCUT2D eigenvalue weighted by atomic mass is 9.72. The van der Waals surface area contributed by atoms with E-state index in [9.17, 15) is 4.39 Å². The molecule has 1 aromatic carbocycles. The smallest absolute Gasteiger partial charge is 0.141 e. The van der Waals surface area contributed by atoms with E-state index < -0.39 is 0 Å². The van der Waals surface area contributed by atoms with Gasteiger partial charge >= 0.3 is 0 Å². The third-order valence-corrected chi connectivity index (χ3v) is 4.46. The average molecular weight is 283 g/mol. The topological polar surface area (TPSA) is 19.4 Å². The van der Waals surface area contributed by atoms with Crippen molar-refractivity contribution in [1.29, 1.82) is 0 Å². The molecule has 108 valence electrons. The minimum absolute atomic E-state index is 0.272. The maximum atomic E-state index is 12.9. The molecular formula is C17H18FN3. The summed E-state index contributed by atoms with van der Waals surface area (Å²) < 4.78 is 12.9. The molecule has 4 rings (SSSR count). The Morgan fingerprint density at radius 2 is 1.76 bits per heavy atom. The largest absolute Gasteiger partial charge is 0.355 e. The second-order valence-electron chi connectivity index (χ2n) is 6.32. The van der Waals surface area contributed by atoms with Crippen molar-refractivity contribution in [3.8, 4) is 0 Å². The van der Waals surface area contributed by atoms with E-state index in [0.29, 0.717) is 5.41 Å². The molecule has 1 aromatic heterocycles. The van der Waals surface area contributed by atoms with Crippen LogP contribution in [0.2, 0.25) is 0 Å². The van der Waals surface area contributed by atoms with Crippen LogP contribution in [0.25, 0.3) is 0 Å². The van der Waals surface area contributed by atoms with Crippen LogP contribution in [0.1, 0.15) is 5.56 Å². The van der Waals surface area contributed by atoms with Crippen LogP contribution in [0, 0.1) is 11.2 Å². The van der Waals surface area contributed by atoms with Gasteiger partial charge in [-0.1, -0.05) is 30.3 Å². The first kappa shape index (κ1) is 12.8. The van der Waals surface area contributed by atoms with E-state index in [1.54, 1.807) is 6.07 Å². The number of hydrogen-bond acceptors (Lipinski definition) is 3. The quantitative estimate of drug-likeness (QED) is 0.863. The summed E-state index contributed by atoms with van der Waals surface area (Å²) in [5.41, 5.74) is 1.81. The second kappa shape index (κ2) is 4.81. The highest BCUT2D eigenvalue weighted by Gasteiger charge is 2.51. The molecule has 0 amide bonds. The predicted octanol–water partition coefficient (Wildman–Crippen LogP) is 2.54. The van der Waals surface area contributed by atoms with E-state index >= 15 is 0 Å². The molecule has 3 nitrogen and oxygen atoms in total. The van der Waals surface area contributed by atoms with Gasteiger partial charge in [0, 0.05) is 38.1 Å². The van der Waals surface area contributed by atoms with Crippen LogP contribution in [0.4, 0.5) is 10.2 Å². The van der Waals surface area contributed by atoms with Crippen LogP contribution in [-0.2, 0) is 6.54 Å². The highest BCUT2D eigenvalue weighted by atomic mass is 19.1. The summed E-state index contributed by atoms with van der Waals surface area (Å²) in [7, 11) is 0. The molecule has 2 saturated heterocycles. The molecule has 0 aliphatic carbocycles. The third kappa shape index (κ3) is 2.40. The van der Waals surface area contributed by atoms with Gasteiger partial charge in [0.15, 0.2) is 0 Å². The number of likely N-dealkylation sites (tertiary alicyclic amines) is 1. The van der Waals surface area contributed by atoms with E-state index in [0.717, 1.165) is 38.5 Å². The molecule has 0 radical (unpaired) electrons. The molecule has 21 heavy (non-hydrogen) atoms. The van der Waals surface area contributed by atoms with E-state index in [4.69, 9.17) is 0 Å². The Morgan fingerprint density at radius 3 is 2.43 bits per heavy atom. The van der Waals surface area contributed by atoms with Gasteiger partial charge in [-0.25, -0.2) is 9.37 Å². The van der Waals surface area contributed by atoms with Crippen molar-refractivity contribution in [2.45, 2.75) is 6.54 Å². The van der Waals surface area contributed by atoms with Crippen LogP contribution in [0.3, 0.4) is 0 Å². The fourth-order valence-corrected chi connectivity index (χ4v) is 3.54. The van der Waals surface area contributed by atoms with Gasteiger partial charge in [0.1, 0.15) is 11.6 Å². The molecule has 4 heteroatoms. The molecule has 2 aromatic rings. The molecule has 2 fully saturated rings. The summed E-state index contributed by atoms with van der Waals surface area (Å²) >= 11 is 0. The van der Waals surface area contributed by atoms with Gasteiger partial charge in [-0.15, -0.1) is 0 Å². The predicted molar refractivity (Wildman–Crippen MR) is 80.6 cm³/mol. The Morgan fingerprint density at radius 1 is 1.00 bits per heavy atom. The first-order valence-electron chi connectivity index (χ1n) is 7.35. The normalized spacial score (nSPS) is 20.1. The highest BCUT2D eigenvalue weighted by molar-refractivity contribution is 5.44. The zero-order chi connectivity index (χ0) is 14.3. The number of nitrogens with zero attached hydrogens (tertiary/aromatic N) is 3. The van der Waals surface area contributed by atoms with Crippen molar-refractivity contribution in [2.75, 3.05) is 31.1 Å². The van der Waals surface area contributed by atoms with Gasteiger partial charge in [0.2, 0.25) is 0 Å². The Balaban J connectivity index is 1.30. The number of pyridine rings is 1. The fourth-order valence-electron chi connectivity index (χ4n) is 3.54. The van der Waals surface area contributed by atoms with Crippen molar-refractivity contribution in [3.63, 3.8) is 0 Å². The third-order valence-electron chi connectivity index (χ3n) is 4.46. The maximum absolute atomic E-state index is 12.9. The SMILES string of the molecule is Fc1ccc(N2CC3(CN(Cc4ccccc4)C3)C2)nc1. The van der Waals surface area contributed by atoms with Crippen molar-refractivity contribution < 1.29 is 4.39 Å². The van der Waals surface area contributed by atoms with Crippen molar-refractivity contribution in [2.24, 2.45) is 5.41 Å². The maximum Gasteiger partial charge on any atom is 0.141 e. The zero-order valence-corrected chi connectivity index (χ0v) is 11.9. The number of rotatable bonds is 3. The molecule has 0 atom stereocenters. The van der Waals surface area contributed by atoms with E-state index in [-0.39, 0.29) is 5.82 Å². The minimum Gasteiger partial charge on any atom is -0.355 e. The Hall–Kier alpha value is -1.94. The zero-order valence-electron chi connectivity index (χ0n) is 11.9. The second-order valence-corrected chi connectivity index (χ2v) is 6.32. The van der Waals surface area contributed by atoms with Crippen LogP contribution in [0.15, 0.2) is 48.7 Å². The summed E-state index contributed by atoms with van der Waals surface area (Å²) in [4.78, 5) is 8.87. The van der Waals surface area contributed by atoms with Gasteiger partial charge in [-0.2, -0.15) is 0 Å². The van der Waals surface area contributed by atoms with Crippen molar-refractivity contribution >= 4 is 5.82 Å². The number of benzene rings is 1. The Labute approximate surface area is 124 Å². The lowest BCUT2D eigenvalue weighted by molar-refractivity contribution is -0.0276. The first-order valence-corrected chi connectivity index (χ1v) is 7.35. The molecule has 0 unspecified atom stereocenters. The van der Waals surface area contributed by atoms with Gasteiger partial charge in [0.25, 0.3) is 0 Å². The molecule has 2 aliphatic rings. The first-order chi connectivity index (χ1) is 10.2. The Bertz CT molecular complexity index is 612. The van der Waals surface area contributed by atoms with Crippen LogP contribution in [-0.4, -0.2) is 36.1 Å². The Kier molecular flexibility index (Phi) is 2.93. The lowest BCUT2D eigenvalue weighted by Crippen LogP contribution is -2.72. The average Bonchev–Trinajstić information content (AvgIpc) is 2.42. The molecular weight excluding hydrogens is 265 g/mol. The van der Waals surface area contributed by atoms with Crippen LogP contribution >= 0.6 is 0 Å². The summed E-state index contributed by atoms with van der Waals surface area (Å²) in [6, 6.07) is 13.9. The van der Waals surface area contributed by atoms with Gasteiger partial charge in [-0.05, 0) is 17.7 Å². The van der Waals surface area contributed by atoms with Crippen LogP contribution in [0.5, 0.6) is 0 Å². The number of halogens is 1. The van der Waals surface area contributed by atoms with Gasteiger partial charge < -0.3 is 4.90 Å². The van der Waals surface area contributed by atoms with Crippen molar-refractivity contribution in [3.05, 3.63) is 60.0 Å². The van der Waals surface area contributed by atoms with E-state index in [1.807, 2.05) is 0 Å². The van der Waals surface area contributed by atoms with Gasteiger partial charge in [0.05, 0.1) is 6.20 Å². The molecule has 0 N–H and O–H groups in total. The number of aromatic nitrogens is 1. The summed E-state index contributed by atoms with van der Waals surface area (Å²) in [6.45, 7) is 5.42. The molecule has 3 heterocycles. The minimum atomic E-state index is -0.272. The van der Waals surface area contributed by atoms with Crippen molar-refractivity contribution in [1.82, 2.24) is 9.88 Å². The lowest BCUT2D eigenvalue weighted by Gasteiger charge is -2.60. The summed E-state index contributed by atoms with van der Waals surface area (Å²) in [6.07, 6.45) is 1.29. The molecule has 0 saturated carbocycles. The number of anilines is 1. The highest BCUT2D eigenvalue weighted by Crippen LogP contribution is 2.41. The fraction of sp³-hybridized carbons (Fsp3) is 0.353. The molecule has 2 aliphatic heterocycles. The monoisotopic (exact) mass is 283 g/mol. The van der Waals surface area contributed by atoms with Crippen LogP contribution < -0.4 is 4.90 Å². The number of hydrogen-bond donors (Lipinski definition) is 0. The van der Waals surface area contributed by atoms with Gasteiger partial charge in [-0.3, -0.25) is 4.90 Å². The molecule has 1 spiro atoms. The van der Waals surface area contributed by atoms with E-state index in [1.165, 1.54) is 17.8 Å².